The first-order chi connectivity index (χ1) is 9.81. The molecular formula is C16H19NO2S. The molecule has 0 bridgehead atoms. The smallest absolute Gasteiger partial charge is 0.162 e. The van der Waals surface area contributed by atoms with Gasteiger partial charge in [-0.1, -0.05) is 6.07 Å². The maximum absolute atomic E-state index is 5.36. The van der Waals surface area contributed by atoms with Gasteiger partial charge < -0.3 is 14.8 Å². The normalized spacial score (nSPS) is 15.7. The number of ether oxygens (including phenoxy) is 2. The van der Waals surface area contributed by atoms with Gasteiger partial charge in [0.25, 0.3) is 0 Å². The predicted octanol–water partition coefficient (Wildman–Crippen LogP) is 4.33. The highest BCUT2D eigenvalue weighted by molar-refractivity contribution is 7.10. The van der Waals surface area contributed by atoms with Crippen LogP contribution in [0, 0.1) is 5.92 Å². The number of anilines is 1. The number of methoxy groups -OCH3 is 2. The molecule has 0 saturated heterocycles. The Morgan fingerprint density at radius 2 is 1.95 bits per heavy atom. The minimum Gasteiger partial charge on any atom is -0.493 e. The third kappa shape index (κ3) is 2.75. The number of nitrogens with one attached hydrogen (secondary N) is 1. The van der Waals surface area contributed by atoms with E-state index in [1.165, 1.54) is 17.7 Å². The Hall–Kier alpha value is -1.68. The van der Waals surface area contributed by atoms with Crippen LogP contribution >= 0.6 is 11.3 Å². The van der Waals surface area contributed by atoms with Crippen molar-refractivity contribution in [2.45, 2.75) is 18.9 Å². The summed E-state index contributed by atoms with van der Waals surface area (Å²) < 4.78 is 10.6. The fourth-order valence-corrected chi connectivity index (χ4v) is 3.29. The first kappa shape index (κ1) is 13.3. The van der Waals surface area contributed by atoms with Crippen LogP contribution in [0.5, 0.6) is 11.5 Å². The molecule has 0 radical (unpaired) electrons. The summed E-state index contributed by atoms with van der Waals surface area (Å²) in [6, 6.07) is 10.7. The van der Waals surface area contributed by atoms with E-state index in [2.05, 4.69) is 22.8 Å². The van der Waals surface area contributed by atoms with Crippen molar-refractivity contribution in [1.29, 1.82) is 0 Å². The molecule has 0 amide bonds. The standard InChI is InChI=1S/C16H19NO2S/c1-18-13-8-7-12(10-14(13)19-2)17-16(11-5-6-11)15-4-3-9-20-15/h3-4,7-11,16-17H,5-6H2,1-2H3. The summed E-state index contributed by atoms with van der Waals surface area (Å²) >= 11 is 1.82. The van der Waals surface area contributed by atoms with Crippen LogP contribution in [0.25, 0.3) is 0 Å². The van der Waals surface area contributed by atoms with Crippen LogP contribution in [-0.4, -0.2) is 14.2 Å². The van der Waals surface area contributed by atoms with E-state index in [0.717, 1.165) is 23.1 Å². The zero-order valence-electron chi connectivity index (χ0n) is 11.8. The summed E-state index contributed by atoms with van der Waals surface area (Å²) in [4.78, 5) is 1.40. The first-order valence-corrected chi connectivity index (χ1v) is 7.71. The molecule has 1 fully saturated rings. The molecule has 106 valence electrons. The Labute approximate surface area is 123 Å². The van der Waals surface area contributed by atoms with Crippen LogP contribution in [0.2, 0.25) is 0 Å². The molecule has 4 heteroatoms. The summed E-state index contributed by atoms with van der Waals surface area (Å²) in [6.07, 6.45) is 2.62. The Morgan fingerprint density at radius 1 is 1.15 bits per heavy atom. The highest BCUT2D eigenvalue weighted by Gasteiger charge is 2.33. The minimum absolute atomic E-state index is 0.410. The summed E-state index contributed by atoms with van der Waals surface area (Å²) in [6.45, 7) is 0. The van der Waals surface area contributed by atoms with Crippen molar-refractivity contribution in [2.24, 2.45) is 5.92 Å². The first-order valence-electron chi connectivity index (χ1n) is 6.84. The van der Waals surface area contributed by atoms with Crippen LogP contribution in [0.1, 0.15) is 23.8 Å². The van der Waals surface area contributed by atoms with E-state index in [1.807, 2.05) is 29.5 Å². The lowest BCUT2D eigenvalue weighted by atomic mass is 10.1. The van der Waals surface area contributed by atoms with Gasteiger partial charge in [0, 0.05) is 16.6 Å². The van der Waals surface area contributed by atoms with Gasteiger partial charge in [0.05, 0.1) is 20.3 Å². The molecule has 1 aromatic carbocycles. The number of rotatable bonds is 6. The lowest BCUT2D eigenvalue weighted by Crippen LogP contribution is -2.11. The number of thiophene rings is 1. The summed E-state index contributed by atoms with van der Waals surface area (Å²) in [5.41, 5.74) is 1.08. The third-order valence-electron chi connectivity index (χ3n) is 3.65. The fourth-order valence-electron chi connectivity index (χ4n) is 2.42. The van der Waals surface area contributed by atoms with E-state index >= 15 is 0 Å². The molecule has 1 atom stereocenters. The second-order valence-electron chi connectivity index (χ2n) is 5.04. The average Bonchev–Trinajstić information content (AvgIpc) is 3.18. The molecule has 0 spiro atoms. The van der Waals surface area contributed by atoms with E-state index in [-0.39, 0.29) is 0 Å². The van der Waals surface area contributed by atoms with Gasteiger partial charge in [-0.15, -0.1) is 11.3 Å². The molecule has 1 N–H and O–H groups in total. The van der Waals surface area contributed by atoms with Crippen molar-refractivity contribution < 1.29 is 9.47 Å². The van der Waals surface area contributed by atoms with Gasteiger partial charge in [-0.05, 0) is 42.3 Å². The maximum atomic E-state index is 5.36. The molecule has 1 aromatic heterocycles. The van der Waals surface area contributed by atoms with E-state index in [1.54, 1.807) is 14.2 Å². The Kier molecular flexibility index (Phi) is 3.83. The second-order valence-corrected chi connectivity index (χ2v) is 6.02. The van der Waals surface area contributed by atoms with Crippen LogP contribution in [-0.2, 0) is 0 Å². The molecule has 3 rings (SSSR count). The quantitative estimate of drug-likeness (QED) is 0.858. The molecular weight excluding hydrogens is 270 g/mol. The molecule has 3 nitrogen and oxygen atoms in total. The van der Waals surface area contributed by atoms with E-state index < -0.39 is 0 Å². The number of hydrogen-bond acceptors (Lipinski definition) is 4. The Morgan fingerprint density at radius 3 is 2.55 bits per heavy atom. The van der Waals surface area contributed by atoms with Crippen molar-refractivity contribution in [2.75, 3.05) is 19.5 Å². The lowest BCUT2D eigenvalue weighted by Gasteiger charge is -2.19. The van der Waals surface area contributed by atoms with Crippen LogP contribution in [0.3, 0.4) is 0 Å². The van der Waals surface area contributed by atoms with Gasteiger partial charge in [0.15, 0.2) is 11.5 Å². The van der Waals surface area contributed by atoms with Crippen molar-refractivity contribution in [3.8, 4) is 11.5 Å². The van der Waals surface area contributed by atoms with Gasteiger partial charge in [0.1, 0.15) is 0 Å². The highest BCUT2D eigenvalue weighted by atomic mass is 32.1. The maximum Gasteiger partial charge on any atom is 0.162 e. The molecule has 1 aliphatic rings. The molecule has 0 aliphatic heterocycles. The summed E-state index contributed by atoms with van der Waals surface area (Å²) in [5.74, 6) is 2.28. The second kappa shape index (κ2) is 5.75. The van der Waals surface area contributed by atoms with Gasteiger partial charge in [-0.3, -0.25) is 0 Å². The van der Waals surface area contributed by atoms with Crippen molar-refractivity contribution >= 4 is 17.0 Å². The number of benzene rings is 1. The van der Waals surface area contributed by atoms with E-state index in [4.69, 9.17) is 9.47 Å². The van der Waals surface area contributed by atoms with Gasteiger partial charge >= 0.3 is 0 Å². The molecule has 1 heterocycles. The largest absolute Gasteiger partial charge is 0.493 e. The van der Waals surface area contributed by atoms with Crippen molar-refractivity contribution in [1.82, 2.24) is 0 Å². The zero-order chi connectivity index (χ0) is 13.9. The Bertz CT molecular complexity index is 564. The van der Waals surface area contributed by atoms with Crippen LogP contribution in [0.4, 0.5) is 5.69 Å². The van der Waals surface area contributed by atoms with Crippen LogP contribution in [0.15, 0.2) is 35.7 Å². The van der Waals surface area contributed by atoms with Crippen LogP contribution < -0.4 is 14.8 Å². The highest BCUT2D eigenvalue weighted by Crippen LogP contribution is 2.44. The molecule has 2 aromatic rings. The van der Waals surface area contributed by atoms with E-state index in [0.29, 0.717) is 6.04 Å². The predicted molar refractivity (Wildman–Crippen MR) is 83.0 cm³/mol. The fraction of sp³-hybridized carbons (Fsp3) is 0.375. The molecule has 1 unspecified atom stereocenters. The molecule has 20 heavy (non-hydrogen) atoms. The SMILES string of the molecule is COc1ccc(NC(c2cccs2)C2CC2)cc1OC. The third-order valence-corrected chi connectivity index (χ3v) is 4.60. The van der Waals surface area contributed by atoms with Crippen molar-refractivity contribution in [3.05, 3.63) is 40.6 Å². The van der Waals surface area contributed by atoms with Gasteiger partial charge in [0.2, 0.25) is 0 Å². The average molecular weight is 289 g/mol. The Balaban J connectivity index is 1.82. The summed E-state index contributed by atoms with van der Waals surface area (Å²) in [7, 11) is 3.32. The summed E-state index contributed by atoms with van der Waals surface area (Å²) in [5, 5.41) is 5.78. The van der Waals surface area contributed by atoms with Gasteiger partial charge in [-0.2, -0.15) is 0 Å². The molecule has 1 saturated carbocycles. The molecule has 1 aliphatic carbocycles. The van der Waals surface area contributed by atoms with Crippen molar-refractivity contribution in [3.63, 3.8) is 0 Å². The lowest BCUT2D eigenvalue weighted by molar-refractivity contribution is 0.355. The topological polar surface area (TPSA) is 30.5 Å². The van der Waals surface area contributed by atoms with E-state index in [9.17, 15) is 0 Å². The number of hydrogen-bond donors (Lipinski definition) is 1. The minimum atomic E-state index is 0.410. The monoisotopic (exact) mass is 289 g/mol. The van der Waals surface area contributed by atoms with Gasteiger partial charge in [-0.25, -0.2) is 0 Å². The zero-order valence-corrected chi connectivity index (χ0v) is 12.6.